The Morgan fingerprint density at radius 2 is 1.66 bits per heavy atom. The summed E-state index contributed by atoms with van der Waals surface area (Å²) in [5.74, 6) is 1.68. The van der Waals surface area contributed by atoms with Crippen LogP contribution >= 0.6 is 0 Å². The molecule has 50 heavy (non-hydrogen) atoms. The van der Waals surface area contributed by atoms with Gasteiger partial charge >= 0.3 is 6.03 Å². The molecule has 5 rings (SSSR count). The molecular formula is C39H45N7O4. The van der Waals surface area contributed by atoms with Gasteiger partial charge < -0.3 is 15.4 Å². The molecule has 0 bridgehead atoms. The molecule has 2 heterocycles. The fourth-order valence-corrected chi connectivity index (χ4v) is 4.85. The van der Waals surface area contributed by atoms with Gasteiger partial charge in [-0.3, -0.25) is 15.1 Å². The molecule has 3 N–H and O–H groups in total. The molecule has 0 spiro atoms. The van der Waals surface area contributed by atoms with E-state index in [1.54, 1.807) is 23.0 Å². The molecule has 2 aromatic heterocycles. The van der Waals surface area contributed by atoms with E-state index >= 15 is 0 Å². The largest absolute Gasteiger partial charge is 0.457 e. The van der Waals surface area contributed by atoms with Crippen molar-refractivity contribution in [1.82, 2.24) is 20.1 Å². The maximum atomic E-state index is 13.4. The van der Waals surface area contributed by atoms with E-state index in [1.807, 2.05) is 87.5 Å². The normalized spacial score (nSPS) is 10.8. The predicted octanol–water partition coefficient (Wildman–Crippen LogP) is 8.26. The number of rotatable bonds is 11. The first-order chi connectivity index (χ1) is 24.0. The lowest BCUT2D eigenvalue weighted by molar-refractivity contribution is -0.120. The molecule has 0 radical (unpaired) electrons. The Bertz CT molecular complexity index is 1960. The maximum absolute atomic E-state index is 13.4. The van der Waals surface area contributed by atoms with Crippen molar-refractivity contribution in [3.05, 3.63) is 102 Å². The molecule has 0 atom stereocenters. The standard InChI is InChI=1S/C35H38N6O3.C4H7NO/c1-6-18-37-33(42)21-24-20-26(17-19-36-24)44-30-16-15-29(27-9-7-8-10-28(27)30)38-34(43)39-32-22-31(35(3,4)5)40-41(32)25-13-11-23(2)12-14-25;1-2-3-5-4-6/h7-17,19-20,22H,6,18,21H2,1-5H3,(H,37,42)(H2,38,39,43);2-3H2,1H3. The summed E-state index contributed by atoms with van der Waals surface area (Å²) < 4.78 is 8.00. The molecule has 0 aliphatic rings. The van der Waals surface area contributed by atoms with Crippen LogP contribution in [0.3, 0.4) is 0 Å². The number of aliphatic imine (C=N–C) groups is 1. The topological polar surface area (TPSA) is 140 Å². The zero-order valence-corrected chi connectivity index (χ0v) is 29.5. The SMILES string of the molecule is CCCN=C=O.CCCNC(=O)Cc1cc(Oc2ccc(NC(=O)Nc3cc(C(C)(C)C)nn3-c3ccc(C)cc3)c3ccccc23)ccn1. The van der Waals surface area contributed by atoms with E-state index in [4.69, 9.17) is 9.84 Å². The van der Waals surface area contributed by atoms with Crippen LogP contribution in [0.4, 0.5) is 16.3 Å². The minimum atomic E-state index is -0.391. The van der Waals surface area contributed by atoms with E-state index in [2.05, 4.69) is 46.7 Å². The van der Waals surface area contributed by atoms with Gasteiger partial charge in [0.15, 0.2) is 0 Å². The van der Waals surface area contributed by atoms with Gasteiger partial charge in [-0.15, -0.1) is 0 Å². The number of hydrogen-bond donors (Lipinski definition) is 3. The van der Waals surface area contributed by atoms with Crippen molar-refractivity contribution < 1.29 is 19.1 Å². The van der Waals surface area contributed by atoms with Crippen LogP contribution in [-0.4, -0.2) is 45.9 Å². The molecule has 11 nitrogen and oxygen atoms in total. The van der Waals surface area contributed by atoms with Crippen molar-refractivity contribution >= 4 is 40.3 Å². The highest BCUT2D eigenvalue weighted by Gasteiger charge is 2.22. The average Bonchev–Trinajstić information content (AvgIpc) is 3.52. The van der Waals surface area contributed by atoms with E-state index in [9.17, 15) is 14.4 Å². The van der Waals surface area contributed by atoms with Gasteiger partial charge in [0.05, 0.1) is 35.7 Å². The van der Waals surface area contributed by atoms with Crippen molar-refractivity contribution in [2.45, 2.75) is 66.2 Å². The number of ether oxygens (including phenoxy) is 1. The lowest BCUT2D eigenvalue weighted by Gasteiger charge is -2.14. The summed E-state index contributed by atoms with van der Waals surface area (Å²) in [6, 6.07) is 24.4. The third-order valence-electron chi connectivity index (χ3n) is 7.46. The van der Waals surface area contributed by atoms with E-state index in [1.165, 1.54) is 6.08 Å². The van der Waals surface area contributed by atoms with E-state index < -0.39 is 6.03 Å². The molecule has 0 fully saturated rings. The molecule has 3 aromatic carbocycles. The Kier molecular flexibility index (Phi) is 13.0. The molecule has 5 aromatic rings. The number of hydrogen-bond acceptors (Lipinski definition) is 7. The zero-order chi connectivity index (χ0) is 36.1. The summed E-state index contributed by atoms with van der Waals surface area (Å²) in [7, 11) is 0. The summed E-state index contributed by atoms with van der Waals surface area (Å²) >= 11 is 0. The minimum absolute atomic E-state index is 0.0767. The molecule has 0 aliphatic heterocycles. The fourth-order valence-electron chi connectivity index (χ4n) is 4.85. The Morgan fingerprint density at radius 1 is 0.920 bits per heavy atom. The number of nitrogens with one attached hydrogen (secondary N) is 3. The van der Waals surface area contributed by atoms with Crippen LogP contribution < -0.4 is 20.7 Å². The second-order valence-corrected chi connectivity index (χ2v) is 12.7. The summed E-state index contributed by atoms with van der Waals surface area (Å²) in [5.41, 5.74) is 3.91. The van der Waals surface area contributed by atoms with Crippen molar-refractivity contribution in [3.63, 3.8) is 0 Å². The first-order valence-corrected chi connectivity index (χ1v) is 16.7. The number of fused-ring (bicyclic) bond motifs is 1. The van der Waals surface area contributed by atoms with E-state index in [-0.39, 0.29) is 17.7 Å². The Morgan fingerprint density at radius 3 is 2.32 bits per heavy atom. The number of anilines is 2. The number of carbonyl (C=O) groups is 2. The lowest BCUT2D eigenvalue weighted by atomic mass is 9.92. The van der Waals surface area contributed by atoms with Crippen LogP contribution in [0.15, 0.2) is 90.1 Å². The summed E-state index contributed by atoms with van der Waals surface area (Å²) in [5, 5.41) is 15.3. The third kappa shape index (κ3) is 10.3. The number of carbonyl (C=O) groups excluding carboxylic acids is 3. The average molecular weight is 676 g/mol. The smallest absolute Gasteiger partial charge is 0.324 e. The van der Waals surface area contributed by atoms with Gasteiger partial charge in [-0.25, -0.2) is 19.3 Å². The highest BCUT2D eigenvalue weighted by Crippen LogP contribution is 2.35. The number of aryl methyl sites for hydroxylation is 1. The van der Waals surface area contributed by atoms with Crippen LogP contribution in [0.5, 0.6) is 11.5 Å². The van der Waals surface area contributed by atoms with Crippen LogP contribution in [0.1, 0.15) is 64.4 Å². The van der Waals surface area contributed by atoms with Crippen molar-refractivity contribution in [2.24, 2.45) is 4.99 Å². The number of pyridine rings is 1. The Balaban J connectivity index is 0.000000860. The van der Waals surface area contributed by atoms with Crippen molar-refractivity contribution in [1.29, 1.82) is 0 Å². The van der Waals surface area contributed by atoms with E-state index in [0.29, 0.717) is 41.8 Å². The van der Waals surface area contributed by atoms with E-state index in [0.717, 1.165) is 40.6 Å². The number of aromatic nitrogens is 3. The third-order valence-corrected chi connectivity index (χ3v) is 7.46. The van der Waals surface area contributed by atoms with Gasteiger partial charge in [-0.1, -0.05) is 76.6 Å². The number of isocyanates is 1. The molecule has 11 heteroatoms. The van der Waals surface area contributed by atoms with Gasteiger partial charge in [-0.2, -0.15) is 5.10 Å². The van der Waals surface area contributed by atoms with Crippen LogP contribution in [-0.2, 0) is 21.4 Å². The molecular weight excluding hydrogens is 630 g/mol. The second kappa shape index (κ2) is 17.6. The van der Waals surface area contributed by atoms with Gasteiger partial charge in [-0.05, 0) is 50.1 Å². The number of benzene rings is 3. The molecule has 0 unspecified atom stereocenters. The molecule has 0 aliphatic carbocycles. The van der Waals surface area contributed by atoms with Gasteiger partial charge in [0.2, 0.25) is 12.0 Å². The van der Waals surface area contributed by atoms with Crippen LogP contribution in [0.2, 0.25) is 0 Å². The minimum Gasteiger partial charge on any atom is -0.457 e. The molecule has 3 amide bonds. The monoisotopic (exact) mass is 675 g/mol. The van der Waals surface area contributed by atoms with Crippen LogP contribution in [0.25, 0.3) is 16.5 Å². The number of nitrogens with zero attached hydrogens (tertiary/aromatic N) is 4. The molecule has 0 saturated heterocycles. The van der Waals surface area contributed by atoms with Crippen molar-refractivity contribution in [3.8, 4) is 17.2 Å². The van der Waals surface area contributed by atoms with Crippen LogP contribution in [0, 0.1) is 6.92 Å². The highest BCUT2D eigenvalue weighted by atomic mass is 16.5. The van der Waals surface area contributed by atoms with Gasteiger partial charge in [0.1, 0.15) is 17.3 Å². The Labute approximate surface area is 293 Å². The first-order valence-electron chi connectivity index (χ1n) is 16.7. The lowest BCUT2D eigenvalue weighted by Crippen LogP contribution is -2.25. The van der Waals surface area contributed by atoms with Gasteiger partial charge in [0.25, 0.3) is 0 Å². The number of amides is 3. The quantitative estimate of drug-likeness (QED) is 0.0951. The summed E-state index contributed by atoms with van der Waals surface area (Å²) in [6.45, 7) is 13.5. The maximum Gasteiger partial charge on any atom is 0.324 e. The predicted molar refractivity (Wildman–Crippen MR) is 198 cm³/mol. The highest BCUT2D eigenvalue weighted by molar-refractivity contribution is 6.07. The molecule has 260 valence electrons. The molecule has 0 saturated carbocycles. The second-order valence-electron chi connectivity index (χ2n) is 12.7. The number of urea groups is 1. The van der Waals surface area contributed by atoms with Gasteiger partial charge in [0, 0.05) is 41.1 Å². The van der Waals surface area contributed by atoms with Crippen molar-refractivity contribution in [2.75, 3.05) is 23.7 Å². The summed E-state index contributed by atoms with van der Waals surface area (Å²) in [4.78, 5) is 42.4. The fraction of sp³-hybridized carbons (Fsp3) is 0.308. The zero-order valence-electron chi connectivity index (χ0n) is 29.5. The summed E-state index contributed by atoms with van der Waals surface area (Å²) in [6.07, 6.45) is 5.05. The first kappa shape index (κ1) is 37.0. The Hall–Kier alpha value is -5.80.